The zero-order chi connectivity index (χ0) is 20.3. The Morgan fingerprint density at radius 1 is 1.19 bits per heavy atom. The first-order valence-electron chi connectivity index (χ1n) is 8.78. The van der Waals surface area contributed by atoms with Crippen LogP contribution in [0.5, 0.6) is 0 Å². The maximum Gasteiger partial charge on any atom is 0.340 e. The van der Waals surface area contributed by atoms with Gasteiger partial charge in [-0.05, 0) is 57.9 Å². The van der Waals surface area contributed by atoms with E-state index in [1.165, 1.54) is 6.07 Å². The summed E-state index contributed by atoms with van der Waals surface area (Å²) >= 11 is 0. The van der Waals surface area contributed by atoms with Gasteiger partial charge in [0.1, 0.15) is 0 Å². The van der Waals surface area contributed by atoms with Crippen LogP contribution in [-0.2, 0) is 4.74 Å². The molecule has 0 unspecified atom stereocenters. The van der Waals surface area contributed by atoms with Crippen molar-refractivity contribution >= 4 is 11.8 Å². The zero-order valence-electron chi connectivity index (χ0n) is 16.1. The van der Waals surface area contributed by atoms with Crippen LogP contribution in [0.1, 0.15) is 64.5 Å². The summed E-state index contributed by atoms with van der Waals surface area (Å²) in [6.07, 6.45) is 0. The number of Topliss-reactive ketones (excluding diaryl/α,β-unsaturated/α-hetero) is 1. The van der Waals surface area contributed by atoms with Crippen LogP contribution >= 0.6 is 0 Å². The van der Waals surface area contributed by atoms with Crippen molar-refractivity contribution in [2.45, 2.75) is 46.7 Å². The van der Waals surface area contributed by atoms with Crippen LogP contribution < -0.4 is 5.32 Å². The van der Waals surface area contributed by atoms with Gasteiger partial charge in [-0.2, -0.15) is 0 Å². The van der Waals surface area contributed by atoms with E-state index in [0.717, 1.165) is 12.1 Å². The largest absolute Gasteiger partial charge is 0.462 e. The maximum atomic E-state index is 13.4. The molecule has 0 aliphatic rings. The lowest BCUT2D eigenvalue weighted by molar-refractivity contribution is 0.0525. The van der Waals surface area contributed by atoms with Gasteiger partial charge in [0, 0.05) is 11.7 Å². The van der Waals surface area contributed by atoms with Crippen molar-refractivity contribution < 1.29 is 23.1 Å². The highest BCUT2D eigenvalue weighted by atomic mass is 19.2. The Morgan fingerprint density at radius 2 is 1.85 bits per heavy atom. The van der Waals surface area contributed by atoms with Crippen molar-refractivity contribution in [3.63, 3.8) is 0 Å². The molecule has 0 spiro atoms. The van der Waals surface area contributed by atoms with Gasteiger partial charge >= 0.3 is 5.97 Å². The molecule has 2 atom stereocenters. The van der Waals surface area contributed by atoms with E-state index in [4.69, 9.17) is 4.74 Å². The number of rotatable bonds is 7. The highest BCUT2D eigenvalue weighted by Crippen LogP contribution is 2.22. The first kappa shape index (κ1) is 20.8. The molecule has 2 aromatic rings. The van der Waals surface area contributed by atoms with Crippen molar-refractivity contribution in [2.24, 2.45) is 0 Å². The minimum Gasteiger partial charge on any atom is -0.462 e. The minimum absolute atomic E-state index is 0.236. The molecule has 2 N–H and O–H groups in total. The van der Waals surface area contributed by atoms with Crippen LogP contribution in [0.3, 0.4) is 0 Å². The summed E-state index contributed by atoms with van der Waals surface area (Å²) in [5, 5.41) is 3.08. The average Bonchev–Trinajstić information content (AvgIpc) is 2.91. The Hall–Kier alpha value is -2.54. The molecule has 27 heavy (non-hydrogen) atoms. The fourth-order valence-corrected chi connectivity index (χ4v) is 3.05. The summed E-state index contributed by atoms with van der Waals surface area (Å²) in [5.41, 5.74) is 2.31. The van der Waals surface area contributed by atoms with Gasteiger partial charge in [0.15, 0.2) is 17.4 Å². The van der Waals surface area contributed by atoms with Crippen LogP contribution in [0.4, 0.5) is 8.78 Å². The predicted octanol–water partition coefficient (Wildman–Crippen LogP) is 4.01. The van der Waals surface area contributed by atoms with E-state index in [1.807, 2.05) is 0 Å². The molecule has 0 aliphatic carbocycles. The van der Waals surface area contributed by atoms with Crippen LogP contribution in [0.25, 0.3) is 0 Å². The Balaban J connectivity index is 2.18. The lowest BCUT2D eigenvalue weighted by Crippen LogP contribution is -2.36. The Bertz CT molecular complexity index is 861. The second-order valence-electron chi connectivity index (χ2n) is 6.49. The lowest BCUT2D eigenvalue weighted by Gasteiger charge is -2.19. The van der Waals surface area contributed by atoms with Gasteiger partial charge in [-0.3, -0.25) is 4.79 Å². The van der Waals surface area contributed by atoms with Crippen LogP contribution in [0.2, 0.25) is 0 Å². The fraction of sp³-hybridized carbons (Fsp3) is 0.400. The van der Waals surface area contributed by atoms with E-state index in [1.54, 1.807) is 34.6 Å². The summed E-state index contributed by atoms with van der Waals surface area (Å²) in [7, 11) is 0. The Morgan fingerprint density at radius 3 is 2.44 bits per heavy atom. The van der Waals surface area contributed by atoms with Crippen molar-refractivity contribution in [1.82, 2.24) is 10.3 Å². The average molecular weight is 378 g/mol. The van der Waals surface area contributed by atoms with Crippen LogP contribution in [0, 0.1) is 25.5 Å². The van der Waals surface area contributed by atoms with Gasteiger partial charge in [0.2, 0.25) is 0 Å². The topological polar surface area (TPSA) is 71.2 Å². The lowest BCUT2D eigenvalue weighted by atomic mass is 10.0. The van der Waals surface area contributed by atoms with E-state index in [0.29, 0.717) is 28.1 Å². The molecule has 2 rings (SSSR count). The van der Waals surface area contributed by atoms with Gasteiger partial charge in [0.25, 0.3) is 0 Å². The van der Waals surface area contributed by atoms with Gasteiger partial charge in [-0.25, -0.2) is 13.6 Å². The highest BCUT2D eigenvalue weighted by molar-refractivity contribution is 6.03. The third-order valence-corrected chi connectivity index (χ3v) is 4.50. The van der Waals surface area contributed by atoms with Crippen molar-refractivity contribution in [2.75, 3.05) is 6.61 Å². The third kappa shape index (κ3) is 4.42. The van der Waals surface area contributed by atoms with E-state index in [2.05, 4.69) is 10.3 Å². The highest BCUT2D eigenvalue weighted by Gasteiger charge is 2.26. The van der Waals surface area contributed by atoms with Crippen LogP contribution in [-0.4, -0.2) is 29.4 Å². The quantitative estimate of drug-likeness (QED) is 0.564. The summed E-state index contributed by atoms with van der Waals surface area (Å²) < 4.78 is 31.5. The second-order valence-corrected chi connectivity index (χ2v) is 6.49. The molecule has 5 nitrogen and oxygen atoms in total. The van der Waals surface area contributed by atoms with Gasteiger partial charge in [0.05, 0.1) is 23.9 Å². The smallest absolute Gasteiger partial charge is 0.340 e. The number of hydrogen-bond acceptors (Lipinski definition) is 4. The Labute approximate surface area is 157 Å². The molecule has 0 bridgehead atoms. The number of aromatic nitrogens is 1. The number of ether oxygens (including phenoxy) is 1. The number of benzene rings is 1. The molecule has 0 saturated heterocycles. The maximum absolute atomic E-state index is 13.4. The summed E-state index contributed by atoms with van der Waals surface area (Å²) in [6.45, 7) is 8.79. The molecule has 146 valence electrons. The molecule has 7 heteroatoms. The van der Waals surface area contributed by atoms with Gasteiger partial charge in [-0.15, -0.1) is 0 Å². The summed E-state index contributed by atoms with van der Waals surface area (Å²) in [4.78, 5) is 27.9. The van der Waals surface area contributed by atoms with E-state index in [-0.39, 0.29) is 18.4 Å². The first-order chi connectivity index (χ1) is 12.7. The van der Waals surface area contributed by atoms with E-state index < -0.39 is 23.6 Å². The number of carbonyl (C=O) groups excluding carboxylic acids is 2. The van der Waals surface area contributed by atoms with Crippen LogP contribution in [0.15, 0.2) is 18.2 Å². The van der Waals surface area contributed by atoms with Gasteiger partial charge in [-0.1, -0.05) is 6.07 Å². The normalized spacial score (nSPS) is 13.3. The molecule has 0 radical (unpaired) electrons. The minimum atomic E-state index is -0.935. The van der Waals surface area contributed by atoms with Gasteiger partial charge < -0.3 is 15.0 Å². The zero-order valence-corrected chi connectivity index (χ0v) is 16.1. The molecule has 0 fully saturated rings. The molecule has 1 heterocycles. The number of halogens is 2. The Kier molecular flexibility index (Phi) is 6.49. The molecule has 0 saturated carbocycles. The fourth-order valence-electron chi connectivity index (χ4n) is 3.05. The number of nitrogens with one attached hydrogen (secondary N) is 2. The summed E-state index contributed by atoms with van der Waals surface area (Å²) in [5.74, 6) is -2.56. The first-order valence-corrected chi connectivity index (χ1v) is 8.78. The molecular weight excluding hydrogens is 354 g/mol. The molecule has 1 aromatic carbocycles. The summed E-state index contributed by atoms with van der Waals surface area (Å²) in [6, 6.07) is 2.64. The predicted molar refractivity (Wildman–Crippen MR) is 97.9 cm³/mol. The second kappa shape index (κ2) is 8.43. The van der Waals surface area contributed by atoms with E-state index in [9.17, 15) is 18.4 Å². The molecule has 0 aliphatic heterocycles. The number of esters is 1. The number of aromatic amines is 1. The molecule has 1 aromatic heterocycles. The molecule has 0 amide bonds. The SMILES string of the molecule is CCOC(=O)c1c(C)[nH]c(C(=O)[C@@H](C)N[C@@H](C)c2ccc(F)c(F)c2)c1C. The number of hydrogen-bond donors (Lipinski definition) is 2. The number of carbonyl (C=O) groups is 2. The van der Waals surface area contributed by atoms with E-state index >= 15 is 0 Å². The van der Waals surface area contributed by atoms with Crippen molar-refractivity contribution in [3.8, 4) is 0 Å². The standard InChI is InChI=1S/C20H24F2N2O3/c1-6-27-20(26)17-10(2)18(24-12(17)4)19(25)13(5)23-11(3)14-7-8-15(21)16(22)9-14/h7-9,11,13,23-24H,6H2,1-5H3/t11-,13+/m0/s1. The third-order valence-electron chi connectivity index (χ3n) is 4.50. The number of aryl methyl sites for hydroxylation is 1. The van der Waals surface area contributed by atoms with Crippen molar-refractivity contribution in [3.05, 3.63) is 57.9 Å². The molecular formula is C20H24F2N2O3. The monoisotopic (exact) mass is 378 g/mol. The number of ketones is 1. The van der Waals surface area contributed by atoms with Crippen molar-refractivity contribution in [1.29, 1.82) is 0 Å². The number of H-pyrrole nitrogens is 1.